The molecule has 21 heavy (non-hydrogen) atoms. The van der Waals surface area contributed by atoms with E-state index in [0.717, 1.165) is 4.90 Å². The van der Waals surface area contributed by atoms with Gasteiger partial charge >= 0.3 is 12.0 Å². The summed E-state index contributed by atoms with van der Waals surface area (Å²) >= 11 is 0. The van der Waals surface area contributed by atoms with Crippen molar-refractivity contribution < 1.29 is 24.3 Å². The van der Waals surface area contributed by atoms with Gasteiger partial charge in [0.25, 0.3) is 0 Å². The molecule has 0 saturated carbocycles. The van der Waals surface area contributed by atoms with Crippen molar-refractivity contribution in [2.24, 2.45) is 5.73 Å². The monoisotopic (exact) mass is 302 g/mol. The zero-order valence-corrected chi connectivity index (χ0v) is 12.4. The lowest BCUT2D eigenvalue weighted by molar-refractivity contribution is -0.140. The average Bonchev–Trinajstić information content (AvgIpc) is 2.33. The molecule has 4 amide bonds. The Hall–Kier alpha value is -2.32. The number of carboxylic acid groups (broad SMARTS) is 1. The van der Waals surface area contributed by atoms with Crippen molar-refractivity contribution in [1.29, 1.82) is 0 Å². The van der Waals surface area contributed by atoms with Crippen LogP contribution in [0.1, 0.15) is 27.2 Å². The van der Waals surface area contributed by atoms with Crippen LogP contribution >= 0.6 is 0 Å². The molecule has 5 N–H and O–H groups in total. The molecule has 0 heterocycles. The fourth-order valence-corrected chi connectivity index (χ4v) is 1.51. The average molecular weight is 302 g/mol. The highest BCUT2D eigenvalue weighted by Crippen LogP contribution is 1.96. The van der Waals surface area contributed by atoms with Crippen LogP contribution in [-0.4, -0.2) is 59.0 Å². The van der Waals surface area contributed by atoms with E-state index in [2.05, 4.69) is 10.6 Å². The number of likely N-dealkylation sites (N-methyl/N-ethyl adjacent to an activating group) is 1. The molecule has 0 aliphatic carbocycles. The number of carbonyl (C=O) groups is 4. The van der Waals surface area contributed by atoms with Gasteiger partial charge in [0.1, 0.15) is 12.6 Å². The molecular weight excluding hydrogens is 280 g/mol. The summed E-state index contributed by atoms with van der Waals surface area (Å²) in [6, 6.07) is -2.23. The van der Waals surface area contributed by atoms with Crippen molar-refractivity contribution in [3.8, 4) is 0 Å². The summed E-state index contributed by atoms with van der Waals surface area (Å²) in [6.07, 6.45) is -0.517. The molecule has 0 aromatic rings. The third-order valence-electron chi connectivity index (χ3n) is 2.45. The number of hydrogen-bond donors (Lipinski definition) is 4. The van der Waals surface area contributed by atoms with E-state index < -0.39 is 30.4 Å². The third kappa shape index (κ3) is 7.75. The van der Waals surface area contributed by atoms with Gasteiger partial charge in [-0.25, -0.2) is 9.59 Å². The smallest absolute Gasteiger partial charge is 0.326 e. The first-order chi connectivity index (χ1) is 9.67. The lowest BCUT2D eigenvalue weighted by Crippen LogP contribution is -2.51. The van der Waals surface area contributed by atoms with Crippen molar-refractivity contribution in [3.63, 3.8) is 0 Å². The van der Waals surface area contributed by atoms with Crippen LogP contribution in [0.15, 0.2) is 0 Å². The van der Waals surface area contributed by atoms with E-state index in [1.54, 1.807) is 20.8 Å². The maximum atomic E-state index is 11.9. The number of rotatable bonds is 8. The van der Waals surface area contributed by atoms with Gasteiger partial charge in [-0.3, -0.25) is 9.59 Å². The van der Waals surface area contributed by atoms with E-state index in [0.29, 0.717) is 0 Å². The second kappa shape index (κ2) is 8.77. The molecule has 120 valence electrons. The predicted octanol–water partition coefficient (Wildman–Crippen LogP) is -1.13. The molecule has 0 saturated heterocycles. The van der Waals surface area contributed by atoms with Gasteiger partial charge in [-0.05, 0) is 20.8 Å². The Labute approximate surface area is 122 Å². The van der Waals surface area contributed by atoms with E-state index in [1.807, 2.05) is 0 Å². The van der Waals surface area contributed by atoms with Crippen LogP contribution in [0.2, 0.25) is 0 Å². The molecule has 0 fully saturated rings. The summed E-state index contributed by atoms with van der Waals surface area (Å²) < 4.78 is 0. The summed E-state index contributed by atoms with van der Waals surface area (Å²) in [4.78, 5) is 46.3. The molecule has 0 unspecified atom stereocenters. The number of aliphatic carboxylic acids is 1. The highest BCUT2D eigenvalue weighted by Gasteiger charge is 2.25. The van der Waals surface area contributed by atoms with Crippen LogP contribution in [0.25, 0.3) is 0 Å². The number of nitrogens with two attached hydrogens (primary N) is 1. The van der Waals surface area contributed by atoms with Crippen LogP contribution in [0.3, 0.4) is 0 Å². The highest BCUT2D eigenvalue weighted by molar-refractivity contribution is 5.89. The van der Waals surface area contributed by atoms with Crippen molar-refractivity contribution in [3.05, 3.63) is 0 Å². The van der Waals surface area contributed by atoms with Crippen LogP contribution in [0.5, 0.6) is 0 Å². The Morgan fingerprint density at radius 2 is 1.76 bits per heavy atom. The van der Waals surface area contributed by atoms with Crippen LogP contribution < -0.4 is 16.4 Å². The molecule has 0 rings (SSSR count). The molecule has 9 heteroatoms. The molecule has 0 spiro atoms. The van der Waals surface area contributed by atoms with Gasteiger partial charge in [-0.15, -0.1) is 0 Å². The van der Waals surface area contributed by atoms with Crippen LogP contribution in [-0.2, 0) is 14.4 Å². The van der Waals surface area contributed by atoms with E-state index in [4.69, 9.17) is 10.8 Å². The normalized spacial score (nSPS) is 11.6. The second-order valence-corrected chi connectivity index (χ2v) is 4.75. The highest BCUT2D eigenvalue weighted by atomic mass is 16.4. The number of carbonyl (C=O) groups excluding carboxylic acids is 3. The Kier molecular flexibility index (Phi) is 7.80. The topological polar surface area (TPSA) is 142 Å². The fourth-order valence-electron chi connectivity index (χ4n) is 1.51. The third-order valence-corrected chi connectivity index (χ3v) is 2.45. The number of nitrogens with zero attached hydrogens (tertiary/aromatic N) is 1. The molecular formula is C12H22N4O5. The molecule has 0 aliphatic rings. The predicted molar refractivity (Wildman–Crippen MR) is 74.3 cm³/mol. The minimum atomic E-state index is -1.42. The first-order valence-corrected chi connectivity index (χ1v) is 6.53. The Bertz CT molecular complexity index is 410. The molecule has 0 aromatic carbocycles. The van der Waals surface area contributed by atoms with Crippen LogP contribution in [0, 0.1) is 0 Å². The maximum absolute atomic E-state index is 11.9. The largest absolute Gasteiger partial charge is 0.480 e. The summed E-state index contributed by atoms with van der Waals surface area (Å²) in [6.45, 7) is 5.21. The number of primary amides is 1. The molecule has 0 aliphatic heterocycles. The zero-order chi connectivity index (χ0) is 16.6. The minimum Gasteiger partial charge on any atom is -0.480 e. The summed E-state index contributed by atoms with van der Waals surface area (Å²) in [5.41, 5.74) is 4.92. The number of amides is 4. The first-order valence-electron chi connectivity index (χ1n) is 6.53. The fraction of sp³-hybridized carbons (Fsp3) is 0.667. The second-order valence-electron chi connectivity index (χ2n) is 4.75. The number of carboxylic acids is 1. The Balaban J connectivity index is 4.65. The molecule has 0 bridgehead atoms. The van der Waals surface area contributed by atoms with Gasteiger partial charge in [-0.1, -0.05) is 0 Å². The lowest BCUT2D eigenvalue weighted by atomic mass is 10.2. The minimum absolute atomic E-state index is 0.0686. The van der Waals surface area contributed by atoms with Crippen molar-refractivity contribution >= 4 is 23.8 Å². The Morgan fingerprint density at radius 1 is 1.19 bits per heavy atom. The number of hydrogen-bond acceptors (Lipinski definition) is 4. The van der Waals surface area contributed by atoms with E-state index in [-0.39, 0.29) is 25.0 Å². The van der Waals surface area contributed by atoms with Crippen molar-refractivity contribution in [2.75, 3.05) is 13.1 Å². The maximum Gasteiger partial charge on any atom is 0.326 e. The number of urea groups is 1. The standard InChI is InChI=1S/C12H22N4O5/c1-4-16(6-10(18)14-7(2)3)12(21)15-8(11(19)20)5-9(13)17/h7-8H,4-6H2,1-3H3,(H2,13,17)(H,14,18)(H,15,21)(H,19,20)/t8-/m1/s1. The molecule has 1 atom stereocenters. The van der Waals surface area contributed by atoms with E-state index in [9.17, 15) is 19.2 Å². The van der Waals surface area contributed by atoms with Gasteiger partial charge in [0.15, 0.2) is 0 Å². The summed E-state index contributed by atoms with van der Waals surface area (Å²) in [7, 11) is 0. The quantitative estimate of drug-likeness (QED) is 0.449. The van der Waals surface area contributed by atoms with E-state index in [1.165, 1.54) is 0 Å². The SMILES string of the molecule is CCN(CC(=O)NC(C)C)C(=O)N[C@H](CC(N)=O)C(=O)O. The first kappa shape index (κ1) is 18.7. The number of nitrogens with one attached hydrogen (secondary N) is 2. The van der Waals surface area contributed by atoms with Gasteiger partial charge in [0, 0.05) is 12.6 Å². The van der Waals surface area contributed by atoms with Gasteiger partial charge in [0.05, 0.1) is 6.42 Å². The molecule has 0 radical (unpaired) electrons. The van der Waals surface area contributed by atoms with Crippen LogP contribution in [0.4, 0.5) is 4.79 Å². The lowest BCUT2D eigenvalue weighted by Gasteiger charge is -2.23. The van der Waals surface area contributed by atoms with Crippen molar-refractivity contribution in [1.82, 2.24) is 15.5 Å². The molecule has 9 nitrogen and oxygen atoms in total. The summed E-state index contributed by atoms with van der Waals surface area (Å²) in [5.74, 6) is -2.57. The van der Waals surface area contributed by atoms with Gasteiger partial charge in [-0.2, -0.15) is 0 Å². The zero-order valence-electron chi connectivity index (χ0n) is 12.4. The van der Waals surface area contributed by atoms with Gasteiger partial charge in [0.2, 0.25) is 11.8 Å². The van der Waals surface area contributed by atoms with Crippen molar-refractivity contribution in [2.45, 2.75) is 39.3 Å². The Morgan fingerprint density at radius 3 is 2.14 bits per heavy atom. The molecule has 0 aromatic heterocycles. The summed E-state index contributed by atoms with van der Waals surface area (Å²) in [5, 5.41) is 13.7. The van der Waals surface area contributed by atoms with E-state index >= 15 is 0 Å². The van der Waals surface area contributed by atoms with Gasteiger partial charge < -0.3 is 26.4 Å².